The molecule has 1 aromatic carbocycles. The normalized spacial score (nSPS) is 16.6. The van der Waals surface area contributed by atoms with Crippen LogP contribution in [0, 0.1) is 11.8 Å². The fourth-order valence-electron chi connectivity index (χ4n) is 3.24. The number of rotatable bonds is 9. The Labute approximate surface area is 156 Å². The highest BCUT2D eigenvalue weighted by Gasteiger charge is 2.19. The van der Waals surface area contributed by atoms with Gasteiger partial charge in [0, 0.05) is 24.5 Å². The standard InChI is InChI=1S/C18H29N5O2S/c1-15(2)13-16-3-5-18(6-4-16)26(24,25)21-9-12-23-10-7-17(8-11-23)14-20-22-19/h3-6,15,17,21H,7-14H2,1-2H3. The second kappa shape index (κ2) is 9.92. The fraction of sp³-hybridized carbons (Fsp3) is 0.667. The molecule has 1 aromatic rings. The van der Waals surface area contributed by atoms with Crippen molar-refractivity contribution >= 4 is 10.0 Å². The van der Waals surface area contributed by atoms with Crippen molar-refractivity contribution in [1.29, 1.82) is 0 Å². The highest BCUT2D eigenvalue weighted by atomic mass is 32.2. The van der Waals surface area contributed by atoms with Crippen molar-refractivity contribution in [1.82, 2.24) is 9.62 Å². The van der Waals surface area contributed by atoms with Crippen LogP contribution in [-0.4, -0.2) is 46.0 Å². The van der Waals surface area contributed by atoms with E-state index in [2.05, 4.69) is 33.5 Å². The van der Waals surface area contributed by atoms with Gasteiger partial charge in [0.25, 0.3) is 0 Å². The molecule has 7 nitrogen and oxygen atoms in total. The van der Waals surface area contributed by atoms with E-state index in [0.717, 1.165) is 37.9 Å². The van der Waals surface area contributed by atoms with Crippen LogP contribution >= 0.6 is 0 Å². The minimum Gasteiger partial charge on any atom is -0.302 e. The van der Waals surface area contributed by atoms with Crippen LogP contribution in [0.3, 0.4) is 0 Å². The number of sulfonamides is 1. The Morgan fingerprint density at radius 1 is 1.27 bits per heavy atom. The SMILES string of the molecule is CC(C)Cc1ccc(S(=O)(=O)NCCN2CCC(CN=[N+]=[N-])CC2)cc1. The summed E-state index contributed by atoms with van der Waals surface area (Å²) in [5, 5.41) is 3.64. The number of benzene rings is 1. The van der Waals surface area contributed by atoms with Gasteiger partial charge in [0.2, 0.25) is 10.0 Å². The van der Waals surface area contributed by atoms with Crippen molar-refractivity contribution in [3.05, 3.63) is 40.3 Å². The molecule has 1 aliphatic heterocycles. The third-order valence-electron chi connectivity index (χ3n) is 4.71. The first kappa shape index (κ1) is 20.7. The summed E-state index contributed by atoms with van der Waals surface area (Å²) in [6.45, 7) is 7.77. The molecule has 26 heavy (non-hydrogen) atoms. The summed E-state index contributed by atoms with van der Waals surface area (Å²) >= 11 is 0. The molecule has 0 amide bonds. The minimum absolute atomic E-state index is 0.318. The van der Waals surface area contributed by atoms with Crippen LogP contribution in [0.4, 0.5) is 0 Å². The van der Waals surface area contributed by atoms with Crippen LogP contribution in [0.1, 0.15) is 32.3 Å². The Morgan fingerprint density at radius 3 is 2.50 bits per heavy atom. The first-order valence-corrected chi connectivity index (χ1v) is 10.7. The summed E-state index contributed by atoms with van der Waals surface area (Å²) in [6, 6.07) is 7.15. The van der Waals surface area contributed by atoms with Crippen LogP contribution in [0.15, 0.2) is 34.3 Å². The summed E-state index contributed by atoms with van der Waals surface area (Å²) in [5.41, 5.74) is 9.53. The van der Waals surface area contributed by atoms with Crippen molar-refractivity contribution < 1.29 is 8.42 Å². The largest absolute Gasteiger partial charge is 0.302 e. The quantitative estimate of drug-likeness (QED) is 0.405. The van der Waals surface area contributed by atoms with E-state index < -0.39 is 10.0 Å². The molecule has 0 spiro atoms. The van der Waals surface area contributed by atoms with Crippen molar-refractivity contribution in [2.75, 3.05) is 32.7 Å². The number of azide groups is 1. The molecular weight excluding hydrogens is 350 g/mol. The van der Waals surface area contributed by atoms with E-state index in [1.807, 2.05) is 12.1 Å². The van der Waals surface area contributed by atoms with Gasteiger partial charge < -0.3 is 4.90 Å². The molecule has 1 N–H and O–H groups in total. The molecule has 1 aliphatic rings. The third kappa shape index (κ3) is 6.61. The third-order valence-corrected chi connectivity index (χ3v) is 6.18. The van der Waals surface area contributed by atoms with E-state index in [1.54, 1.807) is 12.1 Å². The van der Waals surface area contributed by atoms with Gasteiger partial charge in [-0.05, 0) is 67.4 Å². The zero-order valence-electron chi connectivity index (χ0n) is 15.6. The second-order valence-electron chi connectivity index (χ2n) is 7.34. The lowest BCUT2D eigenvalue weighted by molar-refractivity contribution is 0.190. The maximum Gasteiger partial charge on any atom is 0.240 e. The Balaban J connectivity index is 1.77. The predicted octanol–water partition coefficient (Wildman–Crippen LogP) is 3.19. The molecule has 0 atom stereocenters. The maximum atomic E-state index is 12.4. The molecule has 0 aliphatic carbocycles. The number of hydrogen-bond donors (Lipinski definition) is 1. The minimum atomic E-state index is -3.46. The number of nitrogens with one attached hydrogen (secondary N) is 1. The van der Waals surface area contributed by atoms with E-state index in [-0.39, 0.29) is 0 Å². The zero-order chi connectivity index (χ0) is 19.0. The average Bonchev–Trinajstić information content (AvgIpc) is 2.61. The molecule has 1 fully saturated rings. The van der Waals surface area contributed by atoms with Crippen molar-refractivity contribution in [3.8, 4) is 0 Å². The zero-order valence-corrected chi connectivity index (χ0v) is 16.5. The van der Waals surface area contributed by atoms with Crippen LogP contribution in [0.25, 0.3) is 10.4 Å². The van der Waals surface area contributed by atoms with E-state index in [0.29, 0.717) is 36.4 Å². The summed E-state index contributed by atoms with van der Waals surface area (Å²) in [7, 11) is -3.46. The molecule has 0 unspecified atom stereocenters. The van der Waals surface area contributed by atoms with Crippen molar-refractivity contribution in [2.45, 2.75) is 38.0 Å². The lowest BCUT2D eigenvalue weighted by atomic mass is 9.97. The van der Waals surface area contributed by atoms with Crippen LogP contribution < -0.4 is 4.72 Å². The van der Waals surface area contributed by atoms with E-state index in [4.69, 9.17) is 5.53 Å². The Hall–Kier alpha value is -1.60. The highest BCUT2D eigenvalue weighted by Crippen LogP contribution is 2.17. The van der Waals surface area contributed by atoms with Crippen molar-refractivity contribution in [2.24, 2.45) is 17.0 Å². The molecule has 0 saturated carbocycles. The smallest absolute Gasteiger partial charge is 0.240 e. The van der Waals surface area contributed by atoms with Crippen LogP contribution in [0.5, 0.6) is 0 Å². The van der Waals surface area contributed by atoms with Crippen LogP contribution in [-0.2, 0) is 16.4 Å². The molecule has 2 rings (SSSR count). The molecule has 144 valence electrons. The van der Waals surface area contributed by atoms with Gasteiger partial charge in [-0.15, -0.1) is 0 Å². The second-order valence-corrected chi connectivity index (χ2v) is 9.11. The molecule has 0 radical (unpaired) electrons. The summed E-state index contributed by atoms with van der Waals surface area (Å²) in [5.74, 6) is 0.995. The summed E-state index contributed by atoms with van der Waals surface area (Å²) < 4.78 is 27.5. The van der Waals surface area contributed by atoms with Gasteiger partial charge in [-0.1, -0.05) is 31.1 Å². The first-order chi connectivity index (χ1) is 12.4. The predicted molar refractivity (Wildman–Crippen MR) is 103 cm³/mol. The van der Waals surface area contributed by atoms with Gasteiger partial charge in [-0.2, -0.15) is 0 Å². The molecule has 1 heterocycles. The number of nitrogens with zero attached hydrogens (tertiary/aromatic N) is 4. The van der Waals surface area contributed by atoms with Crippen LogP contribution in [0.2, 0.25) is 0 Å². The van der Waals surface area contributed by atoms with E-state index in [1.165, 1.54) is 0 Å². The highest BCUT2D eigenvalue weighted by molar-refractivity contribution is 7.89. The molecule has 8 heteroatoms. The molecule has 1 saturated heterocycles. The maximum absolute atomic E-state index is 12.4. The lowest BCUT2D eigenvalue weighted by Crippen LogP contribution is -2.40. The summed E-state index contributed by atoms with van der Waals surface area (Å²) in [4.78, 5) is 5.38. The Bertz CT molecular complexity index is 704. The molecule has 0 aromatic heterocycles. The number of hydrogen-bond acceptors (Lipinski definition) is 4. The van der Waals surface area contributed by atoms with Gasteiger partial charge in [-0.25, -0.2) is 13.1 Å². The average molecular weight is 380 g/mol. The van der Waals surface area contributed by atoms with Gasteiger partial charge in [0.1, 0.15) is 0 Å². The van der Waals surface area contributed by atoms with E-state index in [9.17, 15) is 8.42 Å². The fourth-order valence-corrected chi connectivity index (χ4v) is 4.26. The van der Waals surface area contributed by atoms with Gasteiger partial charge in [-0.3, -0.25) is 0 Å². The van der Waals surface area contributed by atoms with Gasteiger partial charge in [0.05, 0.1) is 4.90 Å². The summed E-state index contributed by atoms with van der Waals surface area (Å²) in [6.07, 6.45) is 2.93. The Morgan fingerprint density at radius 2 is 1.92 bits per heavy atom. The Kier molecular flexibility index (Phi) is 7.90. The first-order valence-electron chi connectivity index (χ1n) is 9.22. The molecular formula is C18H29N5O2S. The van der Waals surface area contributed by atoms with Gasteiger partial charge in [0.15, 0.2) is 0 Å². The van der Waals surface area contributed by atoms with Gasteiger partial charge >= 0.3 is 0 Å². The lowest BCUT2D eigenvalue weighted by Gasteiger charge is -2.31. The topological polar surface area (TPSA) is 98.2 Å². The number of piperidine rings is 1. The number of likely N-dealkylation sites (tertiary alicyclic amines) is 1. The molecule has 0 bridgehead atoms. The van der Waals surface area contributed by atoms with Crippen molar-refractivity contribution in [3.63, 3.8) is 0 Å². The monoisotopic (exact) mass is 379 g/mol. The van der Waals surface area contributed by atoms with E-state index >= 15 is 0 Å².